The monoisotopic (exact) mass is 377 g/mol. The summed E-state index contributed by atoms with van der Waals surface area (Å²) >= 11 is 0. The molecule has 0 bridgehead atoms. The summed E-state index contributed by atoms with van der Waals surface area (Å²) < 4.78 is 6.70. The number of rotatable bonds is 6. The average Bonchev–Trinajstić information content (AvgIpc) is 3.41. The van der Waals surface area contributed by atoms with Gasteiger partial charge in [-0.1, -0.05) is 48.5 Å². The molecule has 28 heavy (non-hydrogen) atoms. The molecule has 142 valence electrons. The number of ether oxygens (including phenoxy) is 1. The first-order chi connectivity index (χ1) is 13.7. The molecule has 0 fully saturated rings. The number of carbonyl (C=O) groups excluding carboxylic acids is 2. The highest BCUT2D eigenvalue weighted by Gasteiger charge is 2.28. The summed E-state index contributed by atoms with van der Waals surface area (Å²) in [7, 11) is 0. The average molecular weight is 377 g/mol. The topological polar surface area (TPSA) is 90.2 Å². The van der Waals surface area contributed by atoms with E-state index in [4.69, 9.17) is 4.74 Å². The summed E-state index contributed by atoms with van der Waals surface area (Å²) in [6.07, 6.45) is 2.54. The lowest BCUT2D eigenvalue weighted by Crippen LogP contribution is -2.35. The number of amides is 1. The number of esters is 1. The Kier molecular flexibility index (Phi) is 5.09. The minimum absolute atomic E-state index is 0.242. The standard InChI is InChI=1S/C20H19N5O3/c26-19(24-11-10-16-8-4-5-9-17(16)24)13-28-20(27)18(25-14-21-22-23-25)12-15-6-2-1-3-7-15/h1-9,14,18H,10-13H2/t18-/m0/s1. The van der Waals surface area contributed by atoms with Gasteiger partial charge in [-0.3, -0.25) is 4.79 Å². The summed E-state index contributed by atoms with van der Waals surface area (Å²) in [4.78, 5) is 26.9. The van der Waals surface area contributed by atoms with E-state index < -0.39 is 12.0 Å². The van der Waals surface area contributed by atoms with Crippen LogP contribution in [0.4, 0.5) is 5.69 Å². The van der Waals surface area contributed by atoms with Crippen LogP contribution in [0.3, 0.4) is 0 Å². The van der Waals surface area contributed by atoms with E-state index in [2.05, 4.69) is 15.5 Å². The van der Waals surface area contributed by atoms with E-state index in [0.717, 1.165) is 23.2 Å². The van der Waals surface area contributed by atoms with Crippen molar-refractivity contribution in [3.63, 3.8) is 0 Å². The molecular formula is C20H19N5O3. The van der Waals surface area contributed by atoms with Gasteiger partial charge in [0.05, 0.1) is 0 Å². The van der Waals surface area contributed by atoms with Gasteiger partial charge in [0.2, 0.25) is 0 Å². The molecule has 8 nitrogen and oxygen atoms in total. The normalized spacial score (nSPS) is 13.8. The molecule has 0 N–H and O–H groups in total. The van der Waals surface area contributed by atoms with Crippen molar-refractivity contribution in [2.75, 3.05) is 18.1 Å². The molecule has 1 atom stereocenters. The van der Waals surface area contributed by atoms with E-state index in [1.165, 1.54) is 11.0 Å². The van der Waals surface area contributed by atoms with Gasteiger partial charge < -0.3 is 9.64 Å². The maximum absolute atomic E-state index is 12.7. The van der Waals surface area contributed by atoms with Crippen molar-refractivity contribution in [2.24, 2.45) is 0 Å². The zero-order valence-corrected chi connectivity index (χ0v) is 15.1. The first kappa shape index (κ1) is 17.8. The molecule has 1 aromatic heterocycles. The van der Waals surface area contributed by atoms with Crippen LogP contribution in [0.1, 0.15) is 17.2 Å². The predicted molar refractivity (Wildman–Crippen MR) is 100 cm³/mol. The lowest BCUT2D eigenvalue weighted by atomic mass is 10.1. The lowest BCUT2D eigenvalue weighted by Gasteiger charge is -2.19. The van der Waals surface area contributed by atoms with E-state index in [1.54, 1.807) is 4.90 Å². The van der Waals surface area contributed by atoms with E-state index in [9.17, 15) is 9.59 Å². The zero-order valence-electron chi connectivity index (χ0n) is 15.1. The molecule has 0 saturated heterocycles. The molecule has 1 amide bonds. The number of hydrogen-bond donors (Lipinski definition) is 0. The molecule has 1 aliphatic rings. The Morgan fingerprint density at radius 2 is 1.86 bits per heavy atom. The second-order valence-electron chi connectivity index (χ2n) is 6.53. The van der Waals surface area contributed by atoms with Gasteiger partial charge in [-0.15, -0.1) is 5.10 Å². The molecule has 2 aromatic carbocycles. The number of anilines is 1. The SMILES string of the molecule is O=C(OCC(=O)N1CCc2ccccc21)[C@H](Cc1ccccc1)n1cnnn1. The minimum Gasteiger partial charge on any atom is -0.454 e. The number of tetrazole rings is 1. The van der Waals surface area contributed by atoms with Gasteiger partial charge in [-0.05, 0) is 34.0 Å². The van der Waals surface area contributed by atoms with Crippen molar-refractivity contribution in [1.82, 2.24) is 20.2 Å². The van der Waals surface area contributed by atoms with Gasteiger partial charge in [0, 0.05) is 18.7 Å². The van der Waals surface area contributed by atoms with Crippen LogP contribution in [0.15, 0.2) is 60.9 Å². The van der Waals surface area contributed by atoms with Crippen molar-refractivity contribution < 1.29 is 14.3 Å². The third kappa shape index (κ3) is 3.75. The van der Waals surface area contributed by atoms with Gasteiger partial charge in [0.1, 0.15) is 6.33 Å². The number of hydrogen-bond acceptors (Lipinski definition) is 6. The van der Waals surface area contributed by atoms with E-state index in [-0.39, 0.29) is 12.5 Å². The smallest absolute Gasteiger partial charge is 0.331 e. The molecule has 0 radical (unpaired) electrons. The van der Waals surface area contributed by atoms with Crippen molar-refractivity contribution in [3.05, 3.63) is 72.1 Å². The van der Waals surface area contributed by atoms with E-state index >= 15 is 0 Å². The molecule has 0 aliphatic carbocycles. The fourth-order valence-electron chi connectivity index (χ4n) is 3.34. The fourth-order valence-corrected chi connectivity index (χ4v) is 3.34. The summed E-state index contributed by atoms with van der Waals surface area (Å²) in [5.41, 5.74) is 2.95. The second kappa shape index (κ2) is 7.99. The Bertz CT molecular complexity index is 959. The minimum atomic E-state index is -0.740. The third-order valence-electron chi connectivity index (χ3n) is 4.75. The summed E-state index contributed by atoms with van der Waals surface area (Å²) in [5, 5.41) is 11.0. The maximum atomic E-state index is 12.7. The summed E-state index contributed by atoms with van der Waals surface area (Å²) in [6.45, 7) is 0.275. The molecular weight excluding hydrogens is 358 g/mol. The van der Waals surface area contributed by atoms with Gasteiger partial charge >= 0.3 is 5.97 Å². The highest BCUT2D eigenvalue weighted by atomic mass is 16.5. The molecule has 0 saturated carbocycles. The molecule has 0 spiro atoms. The third-order valence-corrected chi connectivity index (χ3v) is 4.75. The van der Waals surface area contributed by atoms with Crippen LogP contribution in [-0.2, 0) is 27.2 Å². The summed E-state index contributed by atoms with van der Waals surface area (Å²) in [6, 6.07) is 16.5. The van der Waals surface area contributed by atoms with Crippen molar-refractivity contribution in [3.8, 4) is 0 Å². The number of carbonyl (C=O) groups is 2. The lowest BCUT2D eigenvalue weighted by molar-refractivity contribution is -0.151. The Morgan fingerprint density at radius 3 is 2.64 bits per heavy atom. The largest absolute Gasteiger partial charge is 0.454 e. The number of fused-ring (bicyclic) bond motifs is 1. The van der Waals surface area contributed by atoms with E-state index in [1.807, 2.05) is 54.6 Å². The quantitative estimate of drug-likeness (QED) is 0.606. The molecule has 8 heteroatoms. The number of benzene rings is 2. The van der Waals surface area contributed by atoms with Gasteiger partial charge in [0.25, 0.3) is 5.91 Å². The van der Waals surface area contributed by atoms with Gasteiger partial charge in [-0.2, -0.15) is 0 Å². The zero-order chi connectivity index (χ0) is 19.3. The molecule has 1 aliphatic heterocycles. The Hall–Kier alpha value is -3.55. The summed E-state index contributed by atoms with van der Waals surface area (Å²) in [5.74, 6) is -0.787. The molecule has 0 unspecified atom stereocenters. The predicted octanol–water partition coefficient (Wildman–Crippen LogP) is 1.59. The molecule has 2 heterocycles. The maximum Gasteiger partial charge on any atom is 0.331 e. The van der Waals surface area contributed by atoms with E-state index in [0.29, 0.717) is 13.0 Å². The van der Waals surface area contributed by atoms with Crippen molar-refractivity contribution in [1.29, 1.82) is 0 Å². The van der Waals surface area contributed by atoms with Crippen LogP contribution < -0.4 is 4.90 Å². The van der Waals surface area contributed by atoms with Crippen LogP contribution in [0.5, 0.6) is 0 Å². The highest BCUT2D eigenvalue weighted by Crippen LogP contribution is 2.27. The Morgan fingerprint density at radius 1 is 1.07 bits per heavy atom. The number of para-hydroxylation sites is 1. The van der Waals surface area contributed by atoms with Crippen LogP contribution in [0, 0.1) is 0 Å². The van der Waals surface area contributed by atoms with Crippen molar-refractivity contribution >= 4 is 17.6 Å². The van der Waals surface area contributed by atoms with Gasteiger partial charge in [0.15, 0.2) is 12.6 Å². The van der Waals surface area contributed by atoms with Gasteiger partial charge in [-0.25, -0.2) is 9.48 Å². The van der Waals surface area contributed by atoms with Crippen LogP contribution in [-0.4, -0.2) is 45.2 Å². The van der Waals surface area contributed by atoms with Crippen LogP contribution >= 0.6 is 0 Å². The second-order valence-corrected chi connectivity index (χ2v) is 6.53. The molecule has 3 aromatic rings. The van der Waals surface area contributed by atoms with Crippen molar-refractivity contribution in [2.45, 2.75) is 18.9 Å². The fraction of sp³-hybridized carbons (Fsp3) is 0.250. The Labute approximate surface area is 161 Å². The Balaban J connectivity index is 1.43. The highest BCUT2D eigenvalue weighted by molar-refractivity contribution is 5.97. The van der Waals surface area contributed by atoms with Crippen LogP contribution in [0.2, 0.25) is 0 Å². The number of nitrogens with zero attached hydrogens (tertiary/aromatic N) is 5. The molecule has 4 rings (SSSR count). The first-order valence-corrected chi connectivity index (χ1v) is 9.03. The van der Waals surface area contributed by atoms with Crippen LogP contribution in [0.25, 0.3) is 0 Å². The first-order valence-electron chi connectivity index (χ1n) is 9.03. The number of aromatic nitrogens is 4.